The van der Waals surface area contributed by atoms with Crippen molar-refractivity contribution in [1.82, 2.24) is 14.1 Å². The Kier molecular flexibility index (Phi) is 3.81. The van der Waals surface area contributed by atoms with Gasteiger partial charge in [-0.2, -0.15) is 0 Å². The second-order valence-electron chi connectivity index (χ2n) is 4.85. The molecule has 0 amide bonds. The van der Waals surface area contributed by atoms with Gasteiger partial charge in [0.1, 0.15) is 5.65 Å². The molecule has 2 aromatic rings. The summed E-state index contributed by atoms with van der Waals surface area (Å²) in [5.41, 5.74) is 2.86. The Hall–Kier alpha value is -1.68. The quantitative estimate of drug-likeness (QED) is 0.544. The van der Waals surface area contributed by atoms with Crippen molar-refractivity contribution in [2.45, 2.75) is 23.9 Å². The molecular formula is C12H17N5O3S. The normalized spacial score (nSPS) is 17.2. The van der Waals surface area contributed by atoms with E-state index in [0.29, 0.717) is 31.7 Å². The molecule has 8 nitrogen and oxygen atoms in total. The minimum absolute atomic E-state index is 0.0205. The fraction of sp³-hybridized carbons (Fsp3) is 0.417. The lowest BCUT2D eigenvalue weighted by Crippen LogP contribution is -2.39. The minimum atomic E-state index is -3.73. The van der Waals surface area contributed by atoms with Crippen LogP contribution in [0.1, 0.15) is 12.8 Å². The number of anilines is 1. The topological polar surface area (TPSA) is 111 Å². The van der Waals surface area contributed by atoms with Gasteiger partial charge in [0.2, 0.25) is 0 Å². The van der Waals surface area contributed by atoms with Crippen LogP contribution in [0.2, 0.25) is 0 Å². The van der Waals surface area contributed by atoms with Crippen LogP contribution in [-0.2, 0) is 14.8 Å². The summed E-state index contributed by atoms with van der Waals surface area (Å²) in [7, 11) is -3.73. The first kappa shape index (κ1) is 14.3. The van der Waals surface area contributed by atoms with E-state index in [9.17, 15) is 8.42 Å². The number of hydrogen-bond donors (Lipinski definition) is 3. The second-order valence-corrected chi connectivity index (χ2v) is 6.48. The Balaban J connectivity index is 2.01. The van der Waals surface area contributed by atoms with Crippen LogP contribution >= 0.6 is 0 Å². The number of ether oxygens (including phenoxy) is 1. The highest BCUT2D eigenvalue weighted by atomic mass is 32.2. The number of pyridine rings is 1. The lowest BCUT2D eigenvalue weighted by atomic mass is 10.1. The zero-order valence-corrected chi connectivity index (χ0v) is 12.1. The van der Waals surface area contributed by atoms with Crippen LogP contribution < -0.4 is 16.0 Å². The number of nitrogens with one attached hydrogen (secondary N) is 2. The molecule has 114 valence electrons. The van der Waals surface area contributed by atoms with E-state index in [1.807, 2.05) is 0 Å². The lowest BCUT2D eigenvalue weighted by Gasteiger charge is -2.22. The van der Waals surface area contributed by atoms with Crippen molar-refractivity contribution >= 4 is 21.5 Å². The van der Waals surface area contributed by atoms with E-state index in [4.69, 9.17) is 10.6 Å². The zero-order chi connectivity index (χ0) is 14.9. The van der Waals surface area contributed by atoms with Crippen LogP contribution in [0.15, 0.2) is 29.4 Å². The van der Waals surface area contributed by atoms with Gasteiger partial charge in [0.25, 0.3) is 10.0 Å². The number of nitrogens with two attached hydrogens (primary N) is 1. The van der Waals surface area contributed by atoms with Crippen molar-refractivity contribution < 1.29 is 13.2 Å². The molecule has 3 heterocycles. The number of nitrogens with zero attached hydrogens (tertiary/aromatic N) is 2. The van der Waals surface area contributed by atoms with Crippen LogP contribution in [-0.4, -0.2) is 37.1 Å². The SMILES string of the molecule is NNc1nc2ccccn2c1S(=O)(=O)NC1CCOCC1. The fourth-order valence-corrected chi connectivity index (χ4v) is 3.97. The molecule has 2 aromatic heterocycles. The van der Waals surface area contributed by atoms with Crippen LogP contribution in [0.4, 0.5) is 5.82 Å². The molecule has 3 rings (SSSR count). The molecule has 1 aliphatic rings. The first-order valence-electron chi connectivity index (χ1n) is 6.65. The molecule has 0 atom stereocenters. The summed E-state index contributed by atoms with van der Waals surface area (Å²) >= 11 is 0. The first-order chi connectivity index (χ1) is 10.1. The summed E-state index contributed by atoms with van der Waals surface area (Å²) in [6.07, 6.45) is 2.95. The molecule has 0 unspecified atom stereocenters. The molecule has 9 heteroatoms. The van der Waals surface area contributed by atoms with E-state index in [1.54, 1.807) is 24.4 Å². The maximum absolute atomic E-state index is 12.6. The number of sulfonamides is 1. The standard InChI is InChI=1S/C12H17N5O3S/c13-15-11-12(17-6-2-1-3-10(17)14-11)21(18,19)16-9-4-7-20-8-5-9/h1-3,6,9,15-16H,4-5,7-8,13H2. The summed E-state index contributed by atoms with van der Waals surface area (Å²) in [5.74, 6) is 5.53. The molecule has 0 bridgehead atoms. The highest BCUT2D eigenvalue weighted by molar-refractivity contribution is 7.89. The van der Waals surface area contributed by atoms with Crippen molar-refractivity contribution in [3.63, 3.8) is 0 Å². The van der Waals surface area contributed by atoms with E-state index in [0.717, 1.165) is 0 Å². The molecule has 1 fully saturated rings. The van der Waals surface area contributed by atoms with E-state index < -0.39 is 10.0 Å². The molecule has 0 saturated carbocycles. The number of fused-ring (bicyclic) bond motifs is 1. The monoisotopic (exact) mass is 311 g/mol. The highest BCUT2D eigenvalue weighted by Gasteiger charge is 2.28. The molecule has 1 aliphatic heterocycles. The van der Waals surface area contributed by atoms with E-state index in [2.05, 4.69) is 15.1 Å². The van der Waals surface area contributed by atoms with Gasteiger partial charge in [-0.05, 0) is 25.0 Å². The number of nitrogen functional groups attached to an aromatic ring is 1. The molecule has 0 radical (unpaired) electrons. The van der Waals surface area contributed by atoms with E-state index in [1.165, 1.54) is 4.40 Å². The van der Waals surface area contributed by atoms with Gasteiger partial charge in [-0.3, -0.25) is 4.40 Å². The third kappa shape index (κ3) is 2.72. The number of hydrazine groups is 1. The van der Waals surface area contributed by atoms with Gasteiger partial charge in [-0.1, -0.05) is 6.07 Å². The predicted molar refractivity (Wildman–Crippen MR) is 77.2 cm³/mol. The fourth-order valence-electron chi connectivity index (χ4n) is 2.41. The number of rotatable bonds is 4. The van der Waals surface area contributed by atoms with Gasteiger partial charge in [0.15, 0.2) is 10.8 Å². The summed E-state index contributed by atoms with van der Waals surface area (Å²) in [6, 6.07) is 5.10. The summed E-state index contributed by atoms with van der Waals surface area (Å²) in [6.45, 7) is 1.12. The lowest BCUT2D eigenvalue weighted by molar-refractivity contribution is 0.0832. The maximum atomic E-state index is 12.6. The first-order valence-corrected chi connectivity index (χ1v) is 8.14. The van der Waals surface area contributed by atoms with Gasteiger partial charge >= 0.3 is 0 Å². The minimum Gasteiger partial charge on any atom is -0.381 e. The molecule has 1 saturated heterocycles. The third-order valence-corrected chi connectivity index (χ3v) is 4.96. The van der Waals surface area contributed by atoms with Gasteiger partial charge < -0.3 is 10.2 Å². The Bertz CT molecular complexity index is 736. The van der Waals surface area contributed by atoms with Crippen LogP contribution in [0.25, 0.3) is 5.65 Å². The number of hydrogen-bond acceptors (Lipinski definition) is 6. The Labute approximate surface area is 122 Å². The molecule has 21 heavy (non-hydrogen) atoms. The Morgan fingerprint density at radius 2 is 2.10 bits per heavy atom. The van der Waals surface area contributed by atoms with Gasteiger partial charge in [0.05, 0.1) is 0 Å². The molecular weight excluding hydrogens is 294 g/mol. The average molecular weight is 311 g/mol. The van der Waals surface area contributed by atoms with Crippen molar-refractivity contribution in [3.8, 4) is 0 Å². The van der Waals surface area contributed by atoms with Gasteiger partial charge in [-0.25, -0.2) is 24.0 Å². The van der Waals surface area contributed by atoms with Crippen molar-refractivity contribution in [3.05, 3.63) is 24.4 Å². The third-order valence-electron chi connectivity index (χ3n) is 3.42. The Morgan fingerprint density at radius 1 is 1.33 bits per heavy atom. The van der Waals surface area contributed by atoms with Crippen LogP contribution in [0, 0.1) is 0 Å². The summed E-state index contributed by atoms with van der Waals surface area (Å²) < 4.78 is 34.7. The zero-order valence-electron chi connectivity index (χ0n) is 11.3. The smallest absolute Gasteiger partial charge is 0.260 e. The summed E-state index contributed by atoms with van der Waals surface area (Å²) in [4.78, 5) is 4.17. The second kappa shape index (κ2) is 5.60. The Morgan fingerprint density at radius 3 is 2.81 bits per heavy atom. The molecule has 0 aromatic carbocycles. The van der Waals surface area contributed by atoms with Gasteiger partial charge in [0, 0.05) is 25.5 Å². The van der Waals surface area contributed by atoms with Crippen LogP contribution in [0.5, 0.6) is 0 Å². The molecule has 0 aliphatic carbocycles. The highest BCUT2D eigenvalue weighted by Crippen LogP contribution is 2.23. The molecule has 4 N–H and O–H groups in total. The largest absolute Gasteiger partial charge is 0.381 e. The van der Waals surface area contributed by atoms with Crippen LogP contribution in [0.3, 0.4) is 0 Å². The van der Waals surface area contributed by atoms with E-state index in [-0.39, 0.29) is 16.9 Å². The van der Waals surface area contributed by atoms with Crippen molar-refractivity contribution in [1.29, 1.82) is 0 Å². The molecule has 0 spiro atoms. The summed E-state index contributed by atoms with van der Waals surface area (Å²) in [5, 5.41) is 0.0205. The van der Waals surface area contributed by atoms with E-state index >= 15 is 0 Å². The van der Waals surface area contributed by atoms with Crippen molar-refractivity contribution in [2.24, 2.45) is 5.84 Å². The van der Waals surface area contributed by atoms with Gasteiger partial charge in [-0.15, -0.1) is 0 Å². The average Bonchev–Trinajstić information content (AvgIpc) is 2.87. The number of imidazole rings is 1. The maximum Gasteiger partial charge on any atom is 0.260 e. The van der Waals surface area contributed by atoms with Crippen molar-refractivity contribution in [2.75, 3.05) is 18.6 Å². The number of aromatic nitrogens is 2. The predicted octanol–water partition coefficient (Wildman–Crippen LogP) is 0.0772.